The van der Waals surface area contributed by atoms with Crippen molar-refractivity contribution in [1.82, 2.24) is 29.4 Å². The van der Waals surface area contributed by atoms with Crippen LogP contribution in [0.5, 0.6) is 5.75 Å². The van der Waals surface area contributed by atoms with Crippen molar-refractivity contribution < 1.29 is 18.3 Å². The summed E-state index contributed by atoms with van der Waals surface area (Å²) in [6.45, 7) is 1.59. The number of aryl methyl sites for hydroxylation is 1. The van der Waals surface area contributed by atoms with Gasteiger partial charge in [0, 0.05) is 18.3 Å². The van der Waals surface area contributed by atoms with E-state index in [1.165, 1.54) is 9.58 Å². The van der Waals surface area contributed by atoms with E-state index in [2.05, 4.69) is 15.3 Å². The third-order valence-corrected chi connectivity index (χ3v) is 6.78. The minimum absolute atomic E-state index is 0.0310. The average Bonchev–Trinajstić information content (AvgIpc) is 3.53. The largest absolute Gasteiger partial charge is 0.495 e. The Morgan fingerprint density at radius 1 is 1.14 bits per heavy atom. The van der Waals surface area contributed by atoms with E-state index in [1.54, 1.807) is 19.6 Å². The number of ether oxygens (including phenoxy) is 1. The van der Waals surface area contributed by atoms with Crippen LogP contribution >= 0.6 is 0 Å². The number of likely N-dealkylation sites (tertiary alicyclic amines) is 1. The smallest absolute Gasteiger partial charge is 0.255 e. The molecule has 5 rings (SSSR count). The molecule has 0 N–H and O–H groups in total. The second-order valence-corrected chi connectivity index (χ2v) is 9.22. The van der Waals surface area contributed by atoms with E-state index in [1.807, 2.05) is 66.2 Å². The summed E-state index contributed by atoms with van der Waals surface area (Å²) >= 11 is 0. The predicted molar refractivity (Wildman–Crippen MR) is 134 cm³/mol. The maximum absolute atomic E-state index is 13.4. The quantitative estimate of drug-likeness (QED) is 0.364. The summed E-state index contributed by atoms with van der Waals surface area (Å²) < 4.78 is 35.6. The first-order chi connectivity index (χ1) is 17.9. The average molecular weight is 507 g/mol. The van der Waals surface area contributed by atoms with Crippen molar-refractivity contribution >= 4 is 5.91 Å². The fourth-order valence-electron chi connectivity index (χ4n) is 4.88. The van der Waals surface area contributed by atoms with E-state index in [9.17, 15) is 13.6 Å². The zero-order chi connectivity index (χ0) is 25.9. The Hall–Kier alpha value is -4.08. The number of halogens is 2. The molecule has 2 aromatic carbocycles. The fourth-order valence-corrected chi connectivity index (χ4v) is 4.88. The number of alkyl halides is 2. The van der Waals surface area contributed by atoms with Gasteiger partial charge < -0.3 is 14.2 Å². The van der Waals surface area contributed by atoms with Crippen LogP contribution in [0.1, 0.15) is 36.1 Å². The normalized spacial score (nSPS) is 18.3. The molecular formula is C27H28F2N6O2. The van der Waals surface area contributed by atoms with Gasteiger partial charge in [0.1, 0.15) is 17.5 Å². The topological polar surface area (TPSA) is 78.1 Å². The van der Waals surface area contributed by atoms with Gasteiger partial charge in [-0.2, -0.15) is 0 Å². The van der Waals surface area contributed by atoms with Crippen molar-refractivity contribution in [3.63, 3.8) is 0 Å². The van der Waals surface area contributed by atoms with Crippen LogP contribution in [0.4, 0.5) is 8.78 Å². The van der Waals surface area contributed by atoms with Crippen molar-refractivity contribution in [3.8, 4) is 22.7 Å². The number of rotatable bonds is 7. The molecule has 192 valence electrons. The highest BCUT2D eigenvalue weighted by molar-refractivity contribution is 5.81. The molecule has 8 nitrogen and oxygen atoms in total. The molecule has 1 saturated heterocycles. The first kappa shape index (κ1) is 24.6. The van der Waals surface area contributed by atoms with E-state index in [0.29, 0.717) is 24.3 Å². The second kappa shape index (κ2) is 10.5. The monoisotopic (exact) mass is 506 g/mol. The summed E-state index contributed by atoms with van der Waals surface area (Å²) in [6, 6.07) is 14.8. The Morgan fingerprint density at radius 2 is 1.95 bits per heavy atom. The number of amides is 1. The molecule has 2 aromatic heterocycles. The van der Waals surface area contributed by atoms with Gasteiger partial charge in [-0.1, -0.05) is 41.6 Å². The highest BCUT2D eigenvalue weighted by atomic mass is 19.3. The Bertz CT molecular complexity index is 1370. The first-order valence-corrected chi connectivity index (χ1v) is 12.2. The van der Waals surface area contributed by atoms with Crippen molar-refractivity contribution in [2.45, 2.75) is 38.2 Å². The van der Waals surface area contributed by atoms with Gasteiger partial charge >= 0.3 is 0 Å². The van der Waals surface area contributed by atoms with Crippen molar-refractivity contribution in [2.24, 2.45) is 0 Å². The molecule has 0 saturated carbocycles. The molecule has 0 bridgehead atoms. The van der Waals surface area contributed by atoms with Gasteiger partial charge in [-0.15, -0.1) is 5.10 Å². The fraction of sp³-hybridized carbons (Fsp3) is 0.333. The molecule has 1 amide bonds. The maximum atomic E-state index is 13.4. The number of hydrogen-bond donors (Lipinski definition) is 0. The van der Waals surface area contributed by atoms with Gasteiger partial charge in [-0.25, -0.2) is 18.4 Å². The molecule has 1 fully saturated rings. The van der Waals surface area contributed by atoms with E-state index in [4.69, 9.17) is 4.74 Å². The lowest BCUT2D eigenvalue weighted by Gasteiger charge is -2.23. The van der Waals surface area contributed by atoms with Gasteiger partial charge in [-0.3, -0.25) is 4.79 Å². The lowest BCUT2D eigenvalue weighted by molar-refractivity contribution is -0.136. The van der Waals surface area contributed by atoms with E-state index >= 15 is 0 Å². The molecule has 1 aliphatic rings. The minimum Gasteiger partial charge on any atom is -0.495 e. The maximum Gasteiger partial charge on any atom is 0.255 e. The lowest BCUT2D eigenvalue weighted by Crippen LogP contribution is -2.39. The number of carbonyl (C=O) groups excluding carboxylic acids is 1. The summed E-state index contributed by atoms with van der Waals surface area (Å²) in [4.78, 5) is 18.9. The number of nitrogens with zero attached hydrogens (tertiary/aromatic N) is 6. The van der Waals surface area contributed by atoms with Gasteiger partial charge in [0.25, 0.3) is 6.43 Å². The summed E-state index contributed by atoms with van der Waals surface area (Å²) in [5.74, 6) is 0.296. The molecule has 0 spiro atoms. The van der Waals surface area contributed by atoms with Crippen molar-refractivity contribution in [1.29, 1.82) is 0 Å². The van der Waals surface area contributed by atoms with Crippen LogP contribution in [0.2, 0.25) is 0 Å². The summed E-state index contributed by atoms with van der Waals surface area (Å²) in [5.41, 5.74) is 4.10. The molecule has 4 aromatic rings. The minimum atomic E-state index is -2.60. The number of carbonyl (C=O) groups is 1. The zero-order valence-electron chi connectivity index (χ0n) is 20.7. The number of hydrogen-bond acceptors (Lipinski definition) is 5. The summed E-state index contributed by atoms with van der Waals surface area (Å²) in [5, 5.41) is 8.58. The molecule has 3 heterocycles. The SMILES string of the molecule is COc1cc(-c2cn(C3CC(c4ccccc4)CCN(CC(F)F)C3=O)nn2)ccc1-n1cnc(C)c1. The van der Waals surface area contributed by atoms with Crippen LogP contribution < -0.4 is 4.74 Å². The Kier molecular flexibility index (Phi) is 6.98. The Labute approximate surface area is 213 Å². The van der Waals surface area contributed by atoms with Crippen LogP contribution in [-0.4, -0.2) is 62.0 Å². The Morgan fingerprint density at radius 3 is 2.65 bits per heavy atom. The van der Waals surface area contributed by atoms with Gasteiger partial charge in [0.15, 0.2) is 0 Å². The van der Waals surface area contributed by atoms with Gasteiger partial charge in [0.05, 0.1) is 37.6 Å². The molecule has 10 heteroatoms. The number of imidazole rings is 1. The summed E-state index contributed by atoms with van der Waals surface area (Å²) in [7, 11) is 1.59. The molecule has 0 aliphatic carbocycles. The molecule has 2 unspecified atom stereocenters. The first-order valence-electron chi connectivity index (χ1n) is 12.2. The summed E-state index contributed by atoms with van der Waals surface area (Å²) in [6.07, 6.45) is 3.77. The van der Waals surface area contributed by atoms with Gasteiger partial charge in [0.2, 0.25) is 5.91 Å². The number of benzene rings is 2. The molecule has 0 radical (unpaired) electrons. The van der Waals surface area contributed by atoms with Crippen molar-refractivity contribution in [2.75, 3.05) is 20.2 Å². The van der Waals surface area contributed by atoms with Gasteiger partial charge in [-0.05, 0) is 43.4 Å². The van der Waals surface area contributed by atoms with Crippen LogP contribution in [0.3, 0.4) is 0 Å². The van der Waals surface area contributed by atoms with E-state index < -0.39 is 19.0 Å². The van der Waals surface area contributed by atoms with E-state index in [0.717, 1.165) is 22.5 Å². The third kappa shape index (κ3) is 5.23. The van der Waals surface area contributed by atoms with Crippen LogP contribution in [0.15, 0.2) is 67.3 Å². The van der Waals surface area contributed by atoms with Crippen LogP contribution in [0.25, 0.3) is 16.9 Å². The van der Waals surface area contributed by atoms with Crippen LogP contribution in [0, 0.1) is 6.92 Å². The third-order valence-electron chi connectivity index (χ3n) is 6.78. The lowest BCUT2D eigenvalue weighted by atomic mass is 9.90. The second-order valence-electron chi connectivity index (χ2n) is 9.22. The van der Waals surface area contributed by atoms with Crippen LogP contribution in [-0.2, 0) is 4.79 Å². The number of aromatic nitrogens is 5. The predicted octanol–water partition coefficient (Wildman–Crippen LogP) is 4.66. The van der Waals surface area contributed by atoms with Crippen molar-refractivity contribution in [3.05, 3.63) is 78.5 Å². The number of methoxy groups -OCH3 is 1. The zero-order valence-corrected chi connectivity index (χ0v) is 20.7. The Balaban J connectivity index is 1.46. The highest BCUT2D eigenvalue weighted by Gasteiger charge is 2.35. The molecular weight excluding hydrogens is 478 g/mol. The molecule has 1 aliphatic heterocycles. The molecule has 2 atom stereocenters. The molecule has 37 heavy (non-hydrogen) atoms. The standard InChI is InChI=1S/C27H28F2N6O2/c1-18-14-34(17-30-18)23-9-8-21(13-25(23)37-2)22-15-35(32-31-22)24-12-20(19-6-4-3-5-7-19)10-11-33(27(24)36)16-26(28)29/h3-9,13-15,17,20,24,26H,10-12,16H2,1-2H3. The van der Waals surface area contributed by atoms with E-state index in [-0.39, 0.29) is 18.4 Å². The highest BCUT2D eigenvalue weighted by Crippen LogP contribution is 2.35.